The van der Waals surface area contributed by atoms with Crippen molar-refractivity contribution in [3.05, 3.63) is 34.4 Å². The monoisotopic (exact) mass is 402 g/mol. The molecule has 1 aliphatic carbocycles. The van der Waals surface area contributed by atoms with E-state index in [-0.39, 0.29) is 23.2 Å². The summed E-state index contributed by atoms with van der Waals surface area (Å²) in [5.74, 6) is 0.678. The van der Waals surface area contributed by atoms with Crippen LogP contribution in [-0.4, -0.2) is 32.2 Å². The van der Waals surface area contributed by atoms with Crippen molar-refractivity contribution < 1.29 is 14.3 Å². The zero-order valence-corrected chi connectivity index (χ0v) is 19.8. The third-order valence-electron chi connectivity index (χ3n) is 6.88. The Hall–Kier alpha value is -1.19. The number of carbonyl (C=O) groups is 1. The van der Waals surface area contributed by atoms with E-state index in [1.165, 1.54) is 30.4 Å². The number of rotatable bonds is 11. The highest BCUT2D eigenvalue weighted by atomic mass is 16.5. The molecule has 0 aromatic heterocycles. The lowest BCUT2D eigenvalue weighted by Crippen LogP contribution is -2.40. The highest BCUT2D eigenvalue weighted by Gasteiger charge is 2.42. The third-order valence-corrected chi connectivity index (χ3v) is 6.88. The lowest BCUT2D eigenvalue weighted by molar-refractivity contribution is 0.0429. The first-order valence-corrected chi connectivity index (χ1v) is 11.5. The standard InChI is InChI=1S/C26H42O3/c1-8-9-10-11-12-28-13-14-29-18-24(27)21-16-22-23(15-19(21)2)26(6,7)20(3)17-25(22,4)5/h15-16,20H,8-14,17-18H2,1-7H3. The van der Waals surface area contributed by atoms with E-state index in [1.807, 2.05) is 0 Å². The first-order valence-electron chi connectivity index (χ1n) is 11.5. The van der Waals surface area contributed by atoms with E-state index in [4.69, 9.17) is 9.47 Å². The number of hydrogen-bond acceptors (Lipinski definition) is 3. The first kappa shape index (κ1) is 24.1. The Balaban J connectivity index is 1.95. The Morgan fingerprint density at radius 2 is 1.69 bits per heavy atom. The molecule has 0 heterocycles. The zero-order valence-electron chi connectivity index (χ0n) is 19.8. The van der Waals surface area contributed by atoms with Gasteiger partial charge in [0, 0.05) is 12.2 Å². The quantitative estimate of drug-likeness (QED) is 0.318. The van der Waals surface area contributed by atoms with E-state index in [2.05, 4.69) is 60.6 Å². The number of Topliss-reactive ketones (excluding diaryl/α,β-unsaturated/α-hetero) is 1. The van der Waals surface area contributed by atoms with Crippen LogP contribution in [0.15, 0.2) is 12.1 Å². The topological polar surface area (TPSA) is 35.5 Å². The molecule has 0 saturated heterocycles. The maximum Gasteiger partial charge on any atom is 0.188 e. The number of unbranched alkanes of at least 4 members (excludes halogenated alkanes) is 3. The average Bonchev–Trinajstić information content (AvgIpc) is 2.64. The van der Waals surface area contributed by atoms with Gasteiger partial charge in [0.2, 0.25) is 0 Å². The van der Waals surface area contributed by atoms with Gasteiger partial charge in [-0.3, -0.25) is 4.79 Å². The van der Waals surface area contributed by atoms with Crippen LogP contribution in [0.1, 0.15) is 101 Å². The van der Waals surface area contributed by atoms with Crippen molar-refractivity contribution in [2.24, 2.45) is 5.92 Å². The van der Waals surface area contributed by atoms with Crippen LogP contribution in [0.2, 0.25) is 0 Å². The minimum atomic E-state index is 0.0699. The number of aryl methyl sites for hydroxylation is 1. The fourth-order valence-corrected chi connectivity index (χ4v) is 4.59. The maximum absolute atomic E-state index is 12.8. The van der Waals surface area contributed by atoms with Gasteiger partial charge in [-0.1, -0.05) is 66.9 Å². The molecule has 0 fully saturated rings. The summed E-state index contributed by atoms with van der Waals surface area (Å²) in [5, 5.41) is 0. The van der Waals surface area contributed by atoms with Gasteiger partial charge in [-0.25, -0.2) is 0 Å². The van der Waals surface area contributed by atoms with Crippen LogP contribution < -0.4 is 0 Å². The second-order valence-corrected chi connectivity index (χ2v) is 10.1. The maximum atomic E-state index is 12.8. The zero-order chi connectivity index (χ0) is 21.7. The Bertz CT molecular complexity index is 687. The molecule has 0 saturated carbocycles. The Kier molecular flexibility index (Phi) is 8.48. The Labute approximate surface area is 178 Å². The van der Waals surface area contributed by atoms with Gasteiger partial charge in [-0.05, 0) is 59.3 Å². The number of ketones is 1. The van der Waals surface area contributed by atoms with E-state index < -0.39 is 0 Å². The SMILES string of the molecule is CCCCCCOCCOCC(=O)c1cc2c(cc1C)C(C)(C)C(C)CC2(C)C. The van der Waals surface area contributed by atoms with Crippen LogP contribution in [-0.2, 0) is 20.3 Å². The molecule has 0 N–H and O–H groups in total. The van der Waals surface area contributed by atoms with Crippen LogP contribution in [0.3, 0.4) is 0 Å². The molecule has 1 aliphatic rings. The Morgan fingerprint density at radius 1 is 1.00 bits per heavy atom. The van der Waals surface area contributed by atoms with Crippen LogP contribution in [0.5, 0.6) is 0 Å². The van der Waals surface area contributed by atoms with Gasteiger partial charge in [0.05, 0.1) is 13.2 Å². The van der Waals surface area contributed by atoms with E-state index in [0.29, 0.717) is 19.1 Å². The van der Waals surface area contributed by atoms with Gasteiger partial charge in [0.25, 0.3) is 0 Å². The molecule has 1 atom stereocenters. The van der Waals surface area contributed by atoms with Crippen molar-refractivity contribution in [2.45, 2.75) is 91.4 Å². The molecule has 3 heteroatoms. The van der Waals surface area contributed by atoms with Crippen molar-refractivity contribution in [1.29, 1.82) is 0 Å². The molecule has 0 radical (unpaired) electrons. The van der Waals surface area contributed by atoms with E-state index in [1.54, 1.807) is 0 Å². The van der Waals surface area contributed by atoms with Crippen LogP contribution >= 0.6 is 0 Å². The highest BCUT2D eigenvalue weighted by Crippen LogP contribution is 2.49. The third kappa shape index (κ3) is 5.92. The summed E-state index contributed by atoms with van der Waals surface area (Å²) in [6, 6.07) is 4.40. The predicted octanol–water partition coefficient (Wildman–Crippen LogP) is 6.39. The first-order chi connectivity index (χ1) is 13.6. The highest BCUT2D eigenvalue weighted by molar-refractivity contribution is 5.98. The van der Waals surface area contributed by atoms with Gasteiger partial charge in [-0.2, -0.15) is 0 Å². The lowest BCUT2D eigenvalue weighted by atomic mass is 9.58. The van der Waals surface area contributed by atoms with Crippen molar-refractivity contribution >= 4 is 5.78 Å². The normalized spacial score (nSPS) is 19.8. The molecule has 164 valence electrons. The molecule has 1 unspecified atom stereocenters. The van der Waals surface area contributed by atoms with Crippen molar-refractivity contribution in [2.75, 3.05) is 26.4 Å². The fourth-order valence-electron chi connectivity index (χ4n) is 4.59. The summed E-state index contributed by atoms with van der Waals surface area (Å²) in [4.78, 5) is 12.8. The summed E-state index contributed by atoms with van der Waals surface area (Å²) in [7, 11) is 0. The number of hydrogen-bond donors (Lipinski definition) is 0. The van der Waals surface area contributed by atoms with Gasteiger partial charge < -0.3 is 9.47 Å². The molecule has 1 aromatic rings. The molecule has 2 rings (SSSR count). The van der Waals surface area contributed by atoms with Gasteiger partial charge in [0.15, 0.2) is 5.78 Å². The molecule has 29 heavy (non-hydrogen) atoms. The summed E-state index contributed by atoms with van der Waals surface area (Å²) >= 11 is 0. The van der Waals surface area contributed by atoms with Crippen molar-refractivity contribution in [3.8, 4) is 0 Å². The van der Waals surface area contributed by atoms with Gasteiger partial charge in [0.1, 0.15) is 6.61 Å². The van der Waals surface area contributed by atoms with Gasteiger partial charge in [-0.15, -0.1) is 0 Å². The smallest absolute Gasteiger partial charge is 0.188 e. The number of benzene rings is 1. The summed E-state index contributed by atoms with van der Waals surface area (Å²) < 4.78 is 11.2. The molecular formula is C26H42O3. The van der Waals surface area contributed by atoms with Crippen LogP contribution in [0, 0.1) is 12.8 Å². The number of ether oxygens (including phenoxy) is 2. The molecule has 1 aromatic carbocycles. The second kappa shape index (κ2) is 10.2. The molecule has 3 nitrogen and oxygen atoms in total. The summed E-state index contributed by atoms with van der Waals surface area (Å²) in [6.45, 7) is 17.8. The van der Waals surface area contributed by atoms with Gasteiger partial charge >= 0.3 is 0 Å². The largest absolute Gasteiger partial charge is 0.379 e. The molecule has 0 aliphatic heterocycles. The van der Waals surface area contributed by atoms with E-state index in [0.717, 1.165) is 30.6 Å². The molecular weight excluding hydrogens is 360 g/mol. The number of fused-ring (bicyclic) bond motifs is 1. The summed E-state index contributed by atoms with van der Waals surface area (Å²) in [5.41, 5.74) is 4.80. The lowest BCUT2D eigenvalue weighted by Gasteiger charge is -2.47. The molecule has 0 amide bonds. The van der Waals surface area contributed by atoms with Crippen molar-refractivity contribution in [3.63, 3.8) is 0 Å². The van der Waals surface area contributed by atoms with Crippen molar-refractivity contribution in [1.82, 2.24) is 0 Å². The minimum absolute atomic E-state index is 0.0699. The predicted molar refractivity (Wildman–Crippen MR) is 121 cm³/mol. The molecule has 0 spiro atoms. The van der Waals surface area contributed by atoms with E-state index in [9.17, 15) is 4.79 Å². The Morgan fingerprint density at radius 3 is 2.38 bits per heavy atom. The van der Waals surface area contributed by atoms with Crippen LogP contribution in [0.25, 0.3) is 0 Å². The fraction of sp³-hybridized carbons (Fsp3) is 0.731. The van der Waals surface area contributed by atoms with E-state index >= 15 is 0 Å². The van der Waals surface area contributed by atoms with Crippen LogP contribution in [0.4, 0.5) is 0 Å². The minimum Gasteiger partial charge on any atom is -0.379 e. The second-order valence-electron chi connectivity index (χ2n) is 10.1. The summed E-state index contributed by atoms with van der Waals surface area (Å²) in [6.07, 6.45) is 5.96. The molecule has 0 bridgehead atoms. The number of carbonyl (C=O) groups excluding carboxylic acids is 1. The average molecular weight is 403 g/mol.